The first-order valence-corrected chi connectivity index (χ1v) is 9.65. The van der Waals surface area contributed by atoms with E-state index in [0.29, 0.717) is 19.5 Å². The Morgan fingerprint density at radius 1 is 0.964 bits per heavy atom. The molecule has 1 amide bonds. The number of benzene rings is 2. The standard InChI is InChI=1S/C22H28BNO4/c1-21(2)22(3,4)28-23(27-21)19-13-9-8-12-18(19)14-15-24(20(25)26)16-17-10-6-5-7-11-17/h5-13H,14-16H2,1-4H3,(H,25,26). The Balaban J connectivity index is 1.73. The number of rotatable bonds is 6. The lowest BCUT2D eigenvalue weighted by Crippen LogP contribution is -2.41. The minimum atomic E-state index is -0.919. The molecule has 3 rings (SSSR count). The molecule has 1 aliphatic rings. The summed E-state index contributed by atoms with van der Waals surface area (Å²) in [6.45, 7) is 8.89. The molecule has 2 aromatic carbocycles. The van der Waals surface area contributed by atoms with Crippen molar-refractivity contribution in [3.05, 3.63) is 65.7 Å². The van der Waals surface area contributed by atoms with E-state index in [9.17, 15) is 9.90 Å². The van der Waals surface area contributed by atoms with Crippen molar-refractivity contribution in [1.82, 2.24) is 4.90 Å². The Bertz CT molecular complexity index is 806. The van der Waals surface area contributed by atoms with Crippen LogP contribution < -0.4 is 5.46 Å². The molecular formula is C22H28BNO4. The molecular weight excluding hydrogens is 353 g/mol. The largest absolute Gasteiger partial charge is 0.495 e. The van der Waals surface area contributed by atoms with E-state index >= 15 is 0 Å². The van der Waals surface area contributed by atoms with Gasteiger partial charge in [0.2, 0.25) is 0 Å². The first-order chi connectivity index (χ1) is 13.2. The molecule has 28 heavy (non-hydrogen) atoms. The smallest absolute Gasteiger partial charge is 0.465 e. The van der Waals surface area contributed by atoms with Crippen LogP contribution >= 0.6 is 0 Å². The van der Waals surface area contributed by atoms with Gasteiger partial charge in [0.05, 0.1) is 11.2 Å². The van der Waals surface area contributed by atoms with E-state index < -0.39 is 24.4 Å². The topological polar surface area (TPSA) is 59.0 Å². The second-order valence-electron chi connectivity index (χ2n) is 8.23. The van der Waals surface area contributed by atoms with Gasteiger partial charge in [-0.1, -0.05) is 54.6 Å². The summed E-state index contributed by atoms with van der Waals surface area (Å²) in [5, 5.41) is 9.61. The molecule has 5 nitrogen and oxygen atoms in total. The van der Waals surface area contributed by atoms with Gasteiger partial charge in [-0.25, -0.2) is 4.79 Å². The summed E-state index contributed by atoms with van der Waals surface area (Å²) < 4.78 is 12.4. The van der Waals surface area contributed by atoms with Gasteiger partial charge in [0, 0.05) is 13.1 Å². The molecule has 1 saturated heterocycles. The lowest BCUT2D eigenvalue weighted by Gasteiger charge is -2.32. The lowest BCUT2D eigenvalue weighted by molar-refractivity contribution is 0.00578. The van der Waals surface area contributed by atoms with Gasteiger partial charge in [0.1, 0.15) is 0 Å². The van der Waals surface area contributed by atoms with E-state index in [1.54, 1.807) is 0 Å². The molecule has 148 valence electrons. The Labute approximate surface area is 167 Å². The second kappa shape index (κ2) is 7.98. The van der Waals surface area contributed by atoms with E-state index in [2.05, 4.69) is 0 Å². The summed E-state index contributed by atoms with van der Waals surface area (Å²) in [5.41, 5.74) is 2.16. The van der Waals surface area contributed by atoms with Crippen molar-refractivity contribution in [3.8, 4) is 0 Å². The van der Waals surface area contributed by atoms with Crippen molar-refractivity contribution in [1.29, 1.82) is 0 Å². The molecule has 6 heteroatoms. The Morgan fingerprint density at radius 3 is 2.14 bits per heavy atom. The van der Waals surface area contributed by atoms with E-state index in [1.807, 2.05) is 82.3 Å². The molecule has 0 radical (unpaired) electrons. The maximum absolute atomic E-state index is 11.7. The van der Waals surface area contributed by atoms with Crippen LogP contribution in [-0.4, -0.2) is 41.0 Å². The zero-order valence-electron chi connectivity index (χ0n) is 17.0. The average molecular weight is 381 g/mol. The number of carboxylic acid groups (broad SMARTS) is 1. The minimum Gasteiger partial charge on any atom is -0.465 e. The molecule has 0 atom stereocenters. The van der Waals surface area contributed by atoms with Gasteiger partial charge in [-0.2, -0.15) is 0 Å². The molecule has 0 saturated carbocycles. The average Bonchev–Trinajstić information content (AvgIpc) is 2.87. The highest BCUT2D eigenvalue weighted by atomic mass is 16.7. The van der Waals surface area contributed by atoms with Gasteiger partial charge in [0.15, 0.2) is 0 Å². The third kappa shape index (κ3) is 4.40. The van der Waals surface area contributed by atoms with Crippen LogP contribution in [0.3, 0.4) is 0 Å². The van der Waals surface area contributed by atoms with Crippen LogP contribution in [0.15, 0.2) is 54.6 Å². The Hall–Kier alpha value is -2.31. The van der Waals surface area contributed by atoms with Gasteiger partial charge < -0.3 is 19.3 Å². The number of carbonyl (C=O) groups is 1. The molecule has 1 fully saturated rings. The predicted octanol–water partition coefficient (Wildman–Crippen LogP) is 3.71. The zero-order chi connectivity index (χ0) is 20.4. The summed E-state index contributed by atoms with van der Waals surface area (Å²) in [4.78, 5) is 13.2. The zero-order valence-corrected chi connectivity index (χ0v) is 17.0. The first kappa shape index (κ1) is 20.4. The van der Waals surface area contributed by atoms with Crippen LogP contribution in [0, 0.1) is 0 Å². The minimum absolute atomic E-state index is 0.370. The van der Waals surface area contributed by atoms with Crippen LogP contribution in [0.5, 0.6) is 0 Å². The molecule has 1 heterocycles. The van der Waals surface area contributed by atoms with Gasteiger partial charge in [-0.15, -0.1) is 0 Å². The monoisotopic (exact) mass is 381 g/mol. The highest BCUT2D eigenvalue weighted by Crippen LogP contribution is 2.36. The summed E-state index contributed by atoms with van der Waals surface area (Å²) in [6, 6.07) is 17.6. The van der Waals surface area contributed by atoms with Crippen LogP contribution in [0.25, 0.3) is 0 Å². The fourth-order valence-corrected chi connectivity index (χ4v) is 3.26. The number of amides is 1. The molecule has 1 N–H and O–H groups in total. The van der Waals surface area contributed by atoms with Crippen molar-refractivity contribution in [2.75, 3.05) is 6.54 Å². The molecule has 0 spiro atoms. The van der Waals surface area contributed by atoms with Crippen molar-refractivity contribution < 1.29 is 19.2 Å². The maximum Gasteiger partial charge on any atom is 0.495 e. The van der Waals surface area contributed by atoms with E-state index in [4.69, 9.17) is 9.31 Å². The van der Waals surface area contributed by atoms with Gasteiger partial charge in [-0.05, 0) is 50.7 Å². The van der Waals surface area contributed by atoms with E-state index in [-0.39, 0.29) is 0 Å². The first-order valence-electron chi connectivity index (χ1n) is 9.65. The molecule has 0 unspecified atom stereocenters. The summed E-state index contributed by atoms with van der Waals surface area (Å²) in [6.07, 6.45) is -0.323. The Kier molecular flexibility index (Phi) is 5.82. The number of hydrogen-bond donors (Lipinski definition) is 1. The fourth-order valence-electron chi connectivity index (χ4n) is 3.26. The van der Waals surface area contributed by atoms with Crippen LogP contribution in [0.2, 0.25) is 0 Å². The predicted molar refractivity (Wildman–Crippen MR) is 111 cm³/mol. The summed E-state index contributed by atoms with van der Waals surface area (Å²) in [5.74, 6) is 0. The molecule has 0 bridgehead atoms. The summed E-state index contributed by atoms with van der Waals surface area (Å²) >= 11 is 0. The highest BCUT2D eigenvalue weighted by molar-refractivity contribution is 6.62. The molecule has 0 aromatic heterocycles. The van der Waals surface area contributed by atoms with Crippen molar-refractivity contribution in [3.63, 3.8) is 0 Å². The SMILES string of the molecule is CC1(C)OB(c2ccccc2CCN(Cc2ccccc2)C(=O)O)OC1(C)C. The van der Waals surface area contributed by atoms with E-state index in [1.165, 1.54) is 4.90 Å². The third-order valence-electron chi connectivity index (χ3n) is 5.70. The number of nitrogens with zero attached hydrogens (tertiary/aromatic N) is 1. The van der Waals surface area contributed by atoms with Crippen LogP contribution in [-0.2, 0) is 22.3 Å². The highest BCUT2D eigenvalue weighted by Gasteiger charge is 2.52. The Morgan fingerprint density at radius 2 is 1.54 bits per heavy atom. The van der Waals surface area contributed by atoms with Gasteiger partial charge >= 0.3 is 13.2 Å². The second-order valence-corrected chi connectivity index (χ2v) is 8.23. The van der Waals surface area contributed by atoms with Gasteiger partial charge in [-0.3, -0.25) is 0 Å². The summed E-state index contributed by atoms with van der Waals surface area (Å²) in [7, 11) is -0.450. The van der Waals surface area contributed by atoms with Crippen molar-refractivity contribution in [2.24, 2.45) is 0 Å². The van der Waals surface area contributed by atoms with Crippen molar-refractivity contribution >= 4 is 18.7 Å². The molecule has 2 aromatic rings. The fraction of sp³-hybridized carbons (Fsp3) is 0.409. The maximum atomic E-state index is 11.7. The molecule has 1 aliphatic heterocycles. The third-order valence-corrected chi connectivity index (χ3v) is 5.70. The quantitative estimate of drug-likeness (QED) is 0.775. The van der Waals surface area contributed by atoms with Crippen LogP contribution in [0.4, 0.5) is 4.79 Å². The normalized spacial score (nSPS) is 17.5. The molecule has 0 aliphatic carbocycles. The number of hydrogen-bond acceptors (Lipinski definition) is 3. The van der Waals surface area contributed by atoms with E-state index in [0.717, 1.165) is 16.6 Å². The van der Waals surface area contributed by atoms with Gasteiger partial charge in [0.25, 0.3) is 0 Å². The lowest BCUT2D eigenvalue weighted by atomic mass is 9.75. The van der Waals surface area contributed by atoms with Crippen LogP contribution in [0.1, 0.15) is 38.8 Å². The van der Waals surface area contributed by atoms with Crippen molar-refractivity contribution in [2.45, 2.75) is 51.9 Å².